The number of benzene rings is 2. The Balaban J connectivity index is 1.38. The van der Waals surface area contributed by atoms with E-state index in [1.54, 1.807) is 12.3 Å². The number of rotatable bonds is 9. The van der Waals surface area contributed by atoms with Crippen LogP contribution in [0.25, 0.3) is 4.85 Å². The zero-order valence-electron chi connectivity index (χ0n) is 25.2. The van der Waals surface area contributed by atoms with Crippen molar-refractivity contribution in [3.63, 3.8) is 0 Å². The van der Waals surface area contributed by atoms with Gasteiger partial charge in [0.2, 0.25) is 11.6 Å². The molecule has 2 aliphatic rings. The van der Waals surface area contributed by atoms with Crippen LogP contribution in [0.3, 0.4) is 0 Å². The number of pyridine rings is 1. The van der Waals surface area contributed by atoms with Gasteiger partial charge in [-0.2, -0.15) is 0 Å². The molecular formula is C34H40N8O2. The first-order valence-corrected chi connectivity index (χ1v) is 15.2. The summed E-state index contributed by atoms with van der Waals surface area (Å²) in [6, 6.07) is 19.4. The molecule has 44 heavy (non-hydrogen) atoms. The lowest BCUT2D eigenvalue weighted by molar-refractivity contribution is -0.111. The highest BCUT2D eigenvalue weighted by Crippen LogP contribution is 2.35. The van der Waals surface area contributed by atoms with Crippen LogP contribution in [0.4, 0.5) is 33.4 Å². The molecule has 1 saturated heterocycles. The van der Waals surface area contributed by atoms with Crippen LogP contribution in [-0.4, -0.2) is 67.1 Å². The predicted molar refractivity (Wildman–Crippen MR) is 176 cm³/mol. The van der Waals surface area contributed by atoms with Crippen molar-refractivity contribution < 1.29 is 9.59 Å². The van der Waals surface area contributed by atoms with Crippen LogP contribution in [0.5, 0.6) is 0 Å². The molecule has 10 nitrogen and oxygen atoms in total. The monoisotopic (exact) mass is 592 g/mol. The zero-order chi connectivity index (χ0) is 30.9. The number of carbonyl (C=O) groups excluding carboxylic acids is 2. The summed E-state index contributed by atoms with van der Waals surface area (Å²) in [5.41, 5.74) is 3.88. The fourth-order valence-corrected chi connectivity index (χ4v) is 5.86. The van der Waals surface area contributed by atoms with Gasteiger partial charge in [0, 0.05) is 56.7 Å². The summed E-state index contributed by atoms with van der Waals surface area (Å²) in [6.07, 6.45) is 6.16. The average molecular weight is 593 g/mol. The largest absolute Gasteiger partial charge is 0.367 e. The Morgan fingerprint density at radius 2 is 1.80 bits per heavy atom. The normalized spacial score (nSPS) is 18.5. The van der Waals surface area contributed by atoms with Gasteiger partial charge in [-0.3, -0.25) is 14.7 Å². The Bertz CT molecular complexity index is 1470. The molecule has 0 bridgehead atoms. The van der Waals surface area contributed by atoms with Crippen molar-refractivity contribution >= 4 is 40.5 Å². The number of piperazine rings is 1. The van der Waals surface area contributed by atoms with E-state index in [9.17, 15) is 9.59 Å². The second-order valence-electron chi connectivity index (χ2n) is 11.4. The van der Waals surface area contributed by atoms with E-state index in [4.69, 9.17) is 6.57 Å². The number of anilines is 4. The van der Waals surface area contributed by atoms with E-state index in [-0.39, 0.29) is 24.0 Å². The lowest BCUT2D eigenvalue weighted by Crippen LogP contribution is -2.48. The third kappa shape index (κ3) is 7.74. The molecule has 0 spiro atoms. The quantitative estimate of drug-likeness (QED) is 0.220. The summed E-state index contributed by atoms with van der Waals surface area (Å²) >= 11 is 0. The summed E-state index contributed by atoms with van der Waals surface area (Å²) < 4.78 is 0. The third-order valence-electron chi connectivity index (χ3n) is 8.34. The number of hydrogen-bond donors (Lipinski definition) is 3. The van der Waals surface area contributed by atoms with Gasteiger partial charge in [-0.1, -0.05) is 43.0 Å². The fourth-order valence-electron chi connectivity index (χ4n) is 5.86. The first-order chi connectivity index (χ1) is 21.4. The van der Waals surface area contributed by atoms with Crippen molar-refractivity contribution in [3.8, 4) is 0 Å². The van der Waals surface area contributed by atoms with E-state index in [2.05, 4.69) is 49.2 Å². The fraction of sp³-hybridized carbons (Fsp3) is 0.353. The number of amides is 3. The van der Waals surface area contributed by atoms with Gasteiger partial charge in [-0.05, 0) is 68.6 Å². The number of hydrogen-bond acceptors (Lipinski definition) is 6. The van der Waals surface area contributed by atoms with Gasteiger partial charge in [0.05, 0.1) is 17.9 Å². The van der Waals surface area contributed by atoms with Gasteiger partial charge in [0.1, 0.15) is 5.82 Å². The van der Waals surface area contributed by atoms with Crippen molar-refractivity contribution in [2.75, 3.05) is 53.7 Å². The molecule has 1 aliphatic heterocycles. The van der Waals surface area contributed by atoms with Crippen LogP contribution in [0.15, 0.2) is 79.5 Å². The molecule has 0 unspecified atom stereocenters. The molecule has 1 aromatic heterocycles. The highest BCUT2D eigenvalue weighted by molar-refractivity contribution is 6.02. The Morgan fingerprint density at radius 3 is 2.45 bits per heavy atom. The van der Waals surface area contributed by atoms with Crippen molar-refractivity contribution in [1.29, 1.82) is 0 Å². The molecule has 1 saturated carbocycles. The van der Waals surface area contributed by atoms with E-state index >= 15 is 0 Å². The number of urea groups is 1. The van der Waals surface area contributed by atoms with Crippen molar-refractivity contribution in [2.24, 2.45) is 0 Å². The van der Waals surface area contributed by atoms with Crippen molar-refractivity contribution in [2.45, 2.75) is 44.3 Å². The number of aromatic nitrogens is 1. The van der Waals surface area contributed by atoms with Gasteiger partial charge >= 0.3 is 6.03 Å². The molecule has 10 heteroatoms. The minimum absolute atomic E-state index is 0.0290. The van der Waals surface area contributed by atoms with Gasteiger partial charge < -0.3 is 25.8 Å². The number of nitrogens with one attached hydrogen (secondary N) is 3. The third-order valence-corrected chi connectivity index (χ3v) is 8.34. The minimum atomic E-state index is -0.290. The summed E-state index contributed by atoms with van der Waals surface area (Å²) in [5, 5.41) is 9.62. The van der Waals surface area contributed by atoms with Crippen LogP contribution in [0.1, 0.15) is 31.2 Å². The number of carbonyl (C=O) groups is 2. The predicted octanol–water partition coefficient (Wildman–Crippen LogP) is 5.65. The molecule has 2 aromatic carbocycles. The summed E-state index contributed by atoms with van der Waals surface area (Å²) in [5.74, 6) is 0.461. The van der Waals surface area contributed by atoms with Crippen LogP contribution in [-0.2, 0) is 11.3 Å². The Labute approximate surface area is 259 Å². The lowest BCUT2D eigenvalue weighted by Gasteiger charge is -2.38. The maximum atomic E-state index is 13.9. The number of nitrogens with zero attached hydrogens (tertiary/aromatic N) is 5. The molecule has 0 radical (unpaired) electrons. The standard InChI is InChI=1S/C34H40N8O2/c1-4-33(43)39-30-22-29(15-16-31(30)41-20-18-40(3)19-21-41)42(34(44)37-23-25-8-6-5-7-9-25)28-13-10-26(11-14-28)38-32-17-12-27(35-2)24-36-32/h4-9,12,15-17,22,24,26,28H,1,10-11,13-14,18-21,23H2,3H3,(H,36,38)(H,37,44)(H,39,43). The maximum absolute atomic E-state index is 13.9. The van der Waals surface area contributed by atoms with Crippen LogP contribution in [0, 0.1) is 6.57 Å². The molecule has 1 aliphatic carbocycles. The van der Waals surface area contributed by atoms with Gasteiger partial charge in [-0.15, -0.1) is 0 Å². The molecule has 228 valence electrons. The van der Waals surface area contributed by atoms with E-state index in [0.717, 1.165) is 74.6 Å². The van der Waals surface area contributed by atoms with Crippen LogP contribution in [0.2, 0.25) is 0 Å². The summed E-state index contributed by atoms with van der Waals surface area (Å²) in [6.45, 7) is 14.8. The van der Waals surface area contributed by atoms with Crippen LogP contribution >= 0.6 is 0 Å². The molecule has 3 N–H and O–H groups in total. The highest BCUT2D eigenvalue weighted by atomic mass is 16.2. The molecule has 2 heterocycles. The highest BCUT2D eigenvalue weighted by Gasteiger charge is 2.31. The van der Waals surface area contributed by atoms with E-state index < -0.39 is 0 Å². The Kier molecular flexibility index (Phi) is 10.1. The molecule has 3 amide bonds. The average Bonchev–Trinajstić information content (AvgIpc) is 3.06. The number of likely N-dealkylation sites (N-methyl/N-ethyl adjacent to an activating group) is 1. The van der Waals surface area contributed by atoms with E-state index in [1.165, 1.54) is 6.08 Å². The maximum Gasteiger partial charge on any atom is 0.322 e. The molecule has 2 fully saturated rings. The van der Waals surface area contributed by atoms with Crippen molar-refractivity contribution in [1.82, 2.24) is 15.2 Å². The Hall–Kier alpha value is -4.88. The van der Waals surface area contributed by atoms with Crippen LogP contribution < -0.4 is 25.8 Å². The van der Waals surface area contributed by atoms with E-state index in [0.29, 0.717) is 17.9 Å². The molecular weight excluding hydrogens is 552 g/mol. The van der Waals surface area contributed by atoms with Gasteiger partial charge in [-0.25, -0.2) is 9.64 Å². The first-order valence-electron chi connectivity index (χ1n) is 15.2. The first kappa shape index (κ1) is 30.6. The second-order valence-corrected chi connectivity index (χ2v) is 11.4. The van der Waals surface area contributed by atoms with Gasteiger partial charge in [0.15, 0.2) is 0 Å². The smallest absolute Gasteiger partial charge is 0.322 e. The summed E-state index contributed by atoms with van der Waals surface area (Å²) in [4.78, 5) is 40.6. The Morgan fingerprint density at radius 1 is 1.05 bits per heavy atom. The molecule has 3 aromatic rings. The van der Waals surface area contributed by atoms with Gasteiger partial charge in [0.25, 0.3) is 0 Å². The summed E-state index contributed by atoms with van der Waals surface area (Å²) in [7, 11) is 2.11. The molecule has 0 atom stereocenters. The molecule has 5 rings (SSSR count). The SMILES string of the molecule is [C-]#[N+]c1ccc(NC2CCC(N(C(=O)NCc3ccccc3)c3ccc(N4CCN(C)CC4)c(NC(=O)C=C)c3)CC2)nc1. The minimum Gasteiger partial charge on any atom is -0.367 e. The van der Waals surface area contributed by atoms with Crippen molar-refractivity contribution in [3.05, 3.63) is 96.5 Å². The second kappa shape index (κ2) is 14.5. The lowest BCUT2D eigenvalue weighted by atomic mass is 9.89. The zero-order valence-corrected chi connectivity index (χ0v) is 25.2. The van der Waals surface area contributed by atoms with E-state index in [1.807, 2.05) is 59.5 Å². The topological polar surface area (TPSA) is 97.2 Å².